The quantitative estimate of drug-likeness (QED) is 0.709. The lowest BCUT2D eigenvalue weighted by atomic mass is 10.1. The van der Waals surface area contributed by atoms with Crippen molar-refractivity contribution in [3.8, 4) is 5.75 Å². The van der Waals surface area contributed by atoms with Crippen molar-refractivity contribution in [2.45, 2.75) is 39.7 Å². The summed E-state index contributed by atoms with van der Waals surface area (Å²) < 4.78 is 5.24. The highest BCUT2D eigenvalue weighted by molar-refractivity contribution is 5.29. The molecule has 1 N–H and O–H groups in total. The second kappa shape index (κ2) is 9.78. The maximum Gasteiger partial charge on any atom is 0.118 e. The Morgan fingerprint density at radius 2 is 1.80 bits per heavy atom. The molecule has 1 rings (SSSR count). The van der Waals surface area contributed by atoms with Gasteiger partial charge in [-0.15, -0.1) is 0 Å². The number of hydrogen-bond acceptors (Lipinski definition) is 3. The molecule has 1 unspecified atom stereocenters. The molecule has 0 fully saturated rings. The Morgan fingerprint density at radius 3 is 2.30 bits per heavy atom. The molecule has 20 heavy (non-hydrogen) atoms. The highest BCUT2D eigenvalue weighted by atomic mass is 16.5. The van der Waals surface area contributed by atoms with E-state index in [1.165, 1.54) is 12.0 Å². The van der Waals surface area contributed by atoms with Gasteiger partial charge in [-0.2, -0.15) is 0 Å². The third-order valence-corrected chi connectivity index (χ3v) is 3.59. The topological polar surface area (TPSA) is 24.5 Å². The molecule has 0 bridgehead atoms. The van der Waals surface area contributed by atoms with Crippen LogP contribution < -0.4 is 10.1 Å². The minimum atomic E-state index is 0.396. The number of nitrogens with zero attached hydrogens (tertiary/aromatic N) is 1. The minimum absolute atomic E-state index is 0.396. The molecule has 1 aromatic rings. The predicted molar refractivity (Wildman–Crippen MR) is 86.4 cm³/mol. The van der Waals surface area contributed by atoms with Crippen LogP contribution in [0.5, 0.6) is 5.75 Å². The van der Waals surface area contributed by atoms with Crippen LogP contribution in [0.15, 0.2) is 24.3 Å². The average Bonchev–Trinajstić information content (AvgIpc) is 2.50. The number of benzene rings is 1. The molecule has 0 heterocycles. The molecule has 0 saturated heterocycles. The fraction of sp³-hybridized carbons (Fsp3) is 0.647. The lowest BCUT2D eigenvalue weighted by Gasteiger charge is -2.27. The average molecular weight is 278 g/mol. The van der Waals surface area contributed by atoms with Gasteiger partial charge in [-0.25, -0.2) is 0 Å². The summed E-state index contributed by atoms with van der Waals surface area (Å²) in [5.41, 5.74) is 1.34. The summed E-state index contributed by atoms with van der Waals surface area (Å²) in [5, 5.41) is 3.66. The summed E-state index contributed by atoms with van der Waals surface area (Å²) in [6.45, 7) is 11.1. The SMILES string of the molecule is CCCNC(CN(CC)CCC)c1ccc(OC)cc1. The van der Waals surface area contributed by atoms with Crippen LogP contribution >= 0.6 is 0 Å². The first-order chi connectivity index (χ1) is 9.74. The number of rotatable bonds is 10. The van der Waals surface area contributed by atoms with E-state index in [1.54, 1.807) is 7.11 Å². The van der Waals surface area contributed by atoms with Gasteiger partial charge in [0.25, 0.3) is 0 Å². The van der Waals surface area contributed by atoms with E-state index in [0.29, 0.717) is 6.04 Å². The maximum atomic E-state index is 5.24. The third kappa shape index (κ3) is 5.51. The number of likely N-dealkylation sites (N-methyl/N-ethyl adjacent to an activating group) is 1. The Balaban J connectivity index is 2.75. The zero-order valence-electron chi connectivity index (χ0n) is 13.5. The van der Waals surface area contributed by atoms with Crippen LogP contribution in [0, 0.1) is 0 Å². The number of ether oxygens (including phenoxy) is 1. The zero-order chi connectivity index (χ0) is 14.8. The van der Waals surface area contributed by atoms with Crippen molar-refractivity contribution in [3.63, 3.8) is 0 Å². The minimum Gasteiger partial charge on any atom is -0.497 e. The van der Waals surface area contributed by atoms with Crippen LogP contribution in [0.3, 0.4) is 0 Å². The predicted octanol–water partition coefficient (Wildman–Crippen LogP) is 3.47. The van der Waals surface area contributed by atoms with Crippen LogP contribution in [0.2, 0.25) is 0 Å². The Bertz CT molecular complexity index is 351. The van der Waals surface area contributed by atoms with Gasteiger partial charge in [-0.1, -0.05) is 32.9 Å². The molecule has 0 aromatic heterocycles. The van der Waals surface area contributed by atoms with Crippen LogP contribution in [-0.4, -0.2) is 38.2 Å². The first kappa shape index (κ1) is 17.0. The van der Waals surface area contributed by atoms with Gasteiger partial charge in [-0.05, 0) is 50.2 Å². The normalized spacial score (nSPS) is 12.7. The van der Waals surface area contributed by atoms with E-state index in [0.717, 1.165) is 38.3 Å². The summed E-state index contributed by atoms with van der Waals surface area (Å²) >= 11 is 0. The molecule has 0 aliphatic carbocycles. The van der Waals surface area contributed by atoms with Crippen molar-refractivity contribution < 1.29 is 4.74 Å². The van der Waals surface area contributed by atoms with Gasteiger partial charge in [0.1, 0.15) is 5.75 Å². The number of nitrogens with one attached hydrogen (secondary N) is 1. The van der Waals surface area contributed by atoms with E-state index in [2.05, 4.69) is 43.1 Å². The Morgan fingerprint density at radius 1 is 1.10 bits per heavy atom. The molecule has 1 aromatic carbocycles. The molecule has 0 amide bonds. The molecule has 0 spiro atoms. The van der Waals surface area contributed by atoms with Crippen molar-refractivity contribution in [2.24, 2.45) is 0 Å². The summed E-state index contributed by atoms with van der Waals surface area (Å²) in [5.74, 6) is 0.920. The summed E-state index contributed by atoms with van der Waals surface area (Å²) in [7, 11) is 1.71. The maximum absolute atomic E-state index is 5.24. The van der Waals surface area contributed by atoms with E-state index in [9.17, 15) is 0 Å². The van der Waals surface area contributed by atoms with Crippen molar-refractivity contribution in [2.75, 3.05) is 33.3 Å². The van der Waals surface area contributed by atoms with E-state index in [1.807, 2.05) is 12.1 Å². The Hall–Kier alpha value is -1.06. The molecular formula is C17H30N2O. The Kier molecular flexibility index (Phi) is 8.31. The van der Waals surface area contributed by atoms with Gasteiger partial charge < -0.3 is 15.0 Å². The van der Waals surface area contributed by atoms with Crippen LogP contribution in [0.25, 0.3) is 0 Å². The molecule has 0 aliphatic heterocycles. The van der Waals surface area contributed by atoms with Gasteiger partial charge in [0.2, 0.25) is 0 Å². The fourth-order valence-corrected chi connectivity index (χ4v) is 2.40. The first-order valence-electron chi connectivity index (χ1n) is 7.84. The second-order valence-electron chi connectivity index (χ2n) is 5.17. The van der Waals surface area contributed by atoms with Crippen LogP contribution in [0.1, 0.15) is 45.2 Å². The highest BCUT2D eigenvalue weighted by Crippen LogP contribution is 2.19. The van der Waals surface area contributed by atoms with Crippen molar-refractivity contribution in [1.29, 1.82) is 0 Å². The monoisotopic (exact) mass is 278 g/mol. The summed E-state index contributed by atoms with van der Waals surface area (Å²) in [4.78, 5) is 2.51. The molecular weight excluding hydrogens is 248 g/mol. The summed E-state index contributed by atoms with van der Waals surface area (Å²) in [6.07, 6.45) is 2.36. The van der Waals surface area contributed by atoms with E-state index >= 15 is 0 Å². The van der Waals surface area contributed by atoms with Gasteiger partial charge in [0.15, 0.2) is 0 Å². The molecule has 3 heteroatoms. The molecule has 1 atom stereocenters. The molecule has 3 nitrogen and oxygen atoms in total. The Labute approximate surface area is 124 Å². The molecule has 114 valence electrons. The number of methoxy groups -OCH3 is 1. The molecule has 0 aliphatic rings. The smallest absolute Gasteiger partial charge is 0.118 e. The first-order valence-corrected chi connectivity index (χ1v) is 7.84. The van der Waals surface area contributed by atoms with Crippen molar-refractivity contribution >= 4 is 0 Å². The van der Waals surface area contributed by atoms with E-state index in [4.69, 9.17) is 4.74 Å². The van der Waals surface area contributed by atoms with Gasteiger partial charge in [0, 0.05) is 12.6 Å². The van der Waals surface area contributed by atoms with Crippen molar-refractivity contribution in [3.05, 3.63) is 29.8 Å². The lowest BCUT2D eigenvalue weighted by Crippen LogP contribution is -2.36. The van der Waals surface area contributed by atoms with Gasteiger partial charge in [0.05, 0.1) is 7.11 Å². The summed E-state index contributed by atoms with van der Waals surface area (Å²) in [6, 6.07) is 8.84. The molecule has 0 radical (unpaired) electrons. The second-order valence-corrected chi connectivity index (χ2v) is 5.17. The fourth-order valence-electron chi connectivity index (χ4n) is 2.40. The standard InChI is InChI=1S/C17H30N2O/c1-5-12-18-17(14-19(7-3)13-6-2)15-8-10-16(20-4)11-9-15/h8-11,17-18H,5-7,12-14H2,1-4H3. The van der Waals surface area contributed by atoms with Crippen molar-refractivity contribution in [1.82, 2.24) is 10.2 Å². The largest absolute Gasteiger partial charge is 0.497 e. The van der Waals surface area contributed by atoms with E-state index < -0.39 is 0 Å². The van der Waals surface area contributed by atoms with Crippen LogP contribution in [-0.2, 0) is 0 Å². The molecule has 0 saturated carbocycles. The zero-order valence-corrected chi connectivity index (χ0v) is 13.5. The number of hydrogen-bond donors (Lipinski definition) is 1. The highest BCUT2D eigenvalue weighted by Gasteiger charge is 2.14. The lowest BCUT2D eigenvalue weighted by molar-refractivity contribution is 0.254. The van der Waals surface area contributed by atoms with E-state index in [-0.39, 0.29) is 0 Å². The third-order valence-electron chi connectivity index (χ3n) is 3.59. The van der Waals surface area contributed by atoms with Gasteiger partial charge in [-0.3, -0.25) is 0 Å². The van der Waals surface area contributed by atoms with Gasteiger partial charge >= 0.3 is 0 Å². The van der Waals surface area contributed by atoms with Crippen LogP contribution in [0.4, 0.5) is 0 Å².